The fourth-order valence-electron chi connectivity index (χ4n) is 4.56. The molecule has 3 heterocycles. The summed E-state index contributed by atoms with van der Waals surface area (Å²) >= 11 is 0. The number of fused-ring (bicyclic) bond motifs is 1. The zero-order valence-corrected chi connectivity index (χ0v) is 17.4. The van der Waals surface area contributed by atoms with Gasteiger partial charge in [0.2, 0.25) is 0 Å². The van der Waals surface area contributed by atoms with E-state index in [1.807, 2.05) is 18.5 Å². The number of rotatable bonds is 6. The number of esters is 1. The molecule has 30 heavy (non-hydrogen) atoms. The van der Waals surface area contributed by atoms with Gasteiger partial charge in [-0.25, -0.2) is 14.8 Å². The van der Waals surface area contributed by atoms with E-state index >= 15 is 0 Å². The SMILES string of the molecule is COC(=O)c1cc(C2CC2)cnc1Nc1cnc2c(ccn2CC2CCCCC2)c1. The standard InChI is InChI=1S/C24H28N4O2/c1-30-24(29)21-12-19(17-7-8-17)13-25-22(21)27-20-11-18-9-10-28(23(18)26-14-20)15-16-5-3-2-4-6-16/h9-14,16-17H,2-8,15H2,1H3,(H,25,27). The van der Waals surface area contributed by atoms with E-state index < -0.39 is 0 Å². The lowest BCUT2D eigenvalue weighted by atomic mass is 9.89. The highest BCUT2D eigenvalue weighted by molar-refractivity contribution is 5.96. The summed E-state index contributed by atoms with van der Waals surface area (Å²) < 4.78 is 7.25. The molecule has 2 aliphatic carbocycles. The van der Waals surface area contributed by atoms with Gasteiger partial charge < -0.3 is 14.6 Å². The lowest BCUT2D eigenvalue weighted by Gasteiger charge is -2.22. The van der Waals surface area contributed by atoms with Crippen molar-refractivity contribution in [3.05, 3.63) is 47.9 Å². The Morgan fingerprint density at radius 3 is 2.73 bits per heavy atom. The van der Waals surface area contributed by atoms with Crippen LogP contribution >= 0.6 is 0 Å². The van der Waals surface area contributed by atoms with E-state index in [4.69, 9.17) is 9.72 Å². The summed E-state index contributed by atoms with van der Waals surface area (Å²) in [5.74, 6) is 1.41. The Bertz CT molecular complexity index is 1060. The number of pyridine rings is 2. The molecule has 6 nitrogen and oxygen atoms in total. The molecule has 0 amide bonds. The van der Waals surface area contributed by atoms with E-state index in [0.29, 0.717) is 17.3 Å². The fraction of sp³-hybridized carbons (Fsp3) is 0.458. The van der Waals surface area contributed by atoms with Gasteiger partial charge in [-0.1, -0.05) is 19.3 Å². The van der Waals surface area contributed by atoms with Gasteiger partial charge in [-0.3, -0.25) is 0 Å². The summed E-state index contributed by atoms with van der Waals surface area (Å²) in [4.78, 5) is 21.5. The molecular weight excluding hydrogens is 376 g/mol. The molecule has 5 rings (SSSR count). The molecule has 0 aliphatic heterocycles. The molecule has 0 atom stereocenters. The zero-order valence-electron chi connectivity index (χ0n) is 17.4. The third-order valence-corrected chi connectivity index (χ3v) is 6.41. The minimum absolute atomic E-state index is 0.375. The van der Waals surface area contributed by atoms with Gasteiger partial charge in [-0.2, -0.15) is 0 Å². The second-order valence-electron chi connectivity index (χ2n) is 8.66. The second-order valence-corrected chi connectivity index (χ2v) is 8.66. The first-order chi connectivity index (χ1) is 14.7. The average Bonchev–Trinajstić information content (AvgIpc) is 3.56. The molecule has 0 bridgehead atoms. The van der Waals surface area contributed by atoms with Crippen LogP contribution in [0.4, 0.5) is 11.5 Å². The monoisotopic (exact) mass is 404 g/mol. The molecule has 1 N–H and O–H groups in total. The van der Waals surface area contributed by atoms with Crippen LogP contribution in [0.2, 0.25) is 0 Å². The summed E-state index contributed by atoms with van der Waals surface area (Å²) in [7, 11) is 1.40. The number of nitrogens with zero attached hydrogens (tertiary/aromatic N) is 3. The number of methoxy groups -OCH3 is 1. The Morgan fingerprint density at radius 2 is 1.97 bits per heavy atom. The molecule has 0 unspecified atom stereocenters. The Hall–Kier alpha value is -2.89. The number of hydrogen-bond donors (Lipinski definition) is 1. The molecule has 2 saturated carbocycles. The van der Waals surface area contributed by atoms with Crippen molar-refractivity contribution in [3.8, 4) is 0 Å². The van der Waals surface area contributed by atoms with Crippen molar-refractivity contribution in [2.45, 2.75) is 57.4 Å². The van der Waals surface area contributed by atoms with Crippen LogP contribution in [-0.2, 0) is 11.3 Å². The van der Waals surface area contributed by atoms with Gasteiger partial charge >= 0.3 is 5.97 Å². The van der Waals surface area contributed by atoms with Crippen molar-refractivity contribution in [3.63, 3.8) is 0 Å². The van der Waals surface area contributed by atoms with Gasteiger partial charge in [0.1, 0.15) is 17.0 Å². The van der Waals surface area contributed by atoms with Gasteiger partial charge in [0.05, 0.1) is 19.0 Å². The topological polar surface area (TPSA) is 69.0 Å². The van der Waals surface area contributed by atoms with Crippen LogP contribution in [0.3, 0.4) is 0 Å². The van der Waals surface area contributed by atoms with Gasteiger partial charge in [-0.05, 0) is 61.3 Å². The van der Waals surface area contributed by atoms with Crippen molar-refractivity contribution in [2.75, 3.05) is 12.4 Å². The highest BCUT2D eigenvalue weighted by Gasteiger charge is 2.26. The number of hydrogen-bond acceptors (Lipinski definition) is 5. The van der Waals surface area contributed by atoms with Crippen LogP contribution in [0, 0.1) is 5.92 Å². The molecule has 0 saturated heterocycles. The fourth-order valence-corrected chi connectivity index (χ4v) is 4.56. The quantitative estimate of drug-likeness (QED) is 0.556. The summed E-state index contributed by atoms with van der Waals surface area (Å²) in [5, 5.41) is 4.36. The first kappa shape index (κ1) is 19.1. The van der Waals surface area contributed by atoms with Gasteiger partial charge in [0, 0.05) is 24.3 Å². The molecule has 2 aliphatic rings. The number of anilines is 2. The molecule has 2 fully saturated rings. The van der Waals surface area contributed by atoms with E-state index in [1.165, 1.54) is 39.2 Å². The van der Waals surface area contributed by atoms with Crippen molar-refractivity contribution >= 4 is 28.5 Å². The lowest BCUT2D eigenvalue weighted by molar-refractivity contribution is 0.0601. The van der Waals surface area contributed by atoms with Crippen molar-refractivity contribution < 1.29 is 9.53 Å². The van der Waals surface area contributed by atoms with Crippen molar-refractivity contribution in [1.29, 1.82) is 0 Å². The van der Waals surface area contributed by atoms with Gasteiger partial charge in [-0.15, -0.1) is 0 Å². The minimum atomic E-state index is -0.375. The minimum Gasteiger partial charge on any atom is -0.465 e. The van der Waals surface area contributed by atoms with E-state index in [2.05, 4.69) is 33.2 Å². The third kappa shape index (κ3) is 3.91. The largest absolute Gasteiger partial charge is 0.465 e. The van der Waals surface area contributed by atoms with Crippen LogP contribution in [-0.4, -0.2) is 27.6 Å². The third-order valence-electron chi connectivity index (χ3n) is 6.41. The van der Waals surface area contributed by atoms with Crippen LogP contribution < -0.4 is 5.32 Å². The molecule has 0 aromatic carbocycles. The Kier molecular flexibility index (Phi) is 5.15. The first-order valence-corrected chi connectivity index (χ1v) is 11.0. The van der Waals surface area contributed by atoms with Crippen molar-refractivity contribution in [1.82, 2.24) is 14.5 Å². The number of aromatic nitrogens is 3. The Balaban J connectivity index is 1.38. The summed E-state index contributed by atoms with van der Waals surface area (Å²) in [6.07, 6.45) is 14.8. The molecule has 0 radical (unpaired) electrons. The number of carbonyl (C=O) groups is 1. The molecule has 0 spiro atoms. The van der Waals surface area contributed by atoms with E-state index in [9.17, 15) is 4.79 Å². The van der Waals surface area contributed by atoms with E-state index in [-0.39, 0.29) is 5.97 Å². The predicted octanol–water partition coefficient (Wildman–Crippen LogP) is 5.42. The summed E-state index contributed by atoms with van der Waals surface area (Å²) in [5.41, 5.74) is 3.40. The number of nitrogens with one attached hydrogen (secondary N) is 1. The zero-order chi connectivity index (χ0) is 20.5. The normalized spacial score (nSPS) is 17.2. The van der Waals surface area contributed by atoms with Crippen LogP contribution in [0.5, 0.6) is 0 Å². The van der Waals surface area contributed by atoms with Crippen LogP contribution in [0.15, 0.2) is 36.8 Å². The molecule has 3 aromatic rings. The first-order valence-electron chi connectivity index (χ1n) is 11.0. The molecular formula is C24H28N4O2. The second kappa shape index (κ2) is 8.09. The Morgan fingerprint density at radius 1 is 1.13 bits per heavy atom. The highest BCUT2D eigenvalue weighted by atomic mass is 16.5. The maximum absolute atomic E-state index is 12.3. The molecule has 3 aromatic heterocycles. The number of ether oxygens (including phenoxy) is 1. The van der Waals surface area contributed by atoms with E-state index in [1.54, 1.807) is 0 Å². The smallest absolute Gasteiger partial charge is 0.341 e. The maximum Gasteiger partial charge on any atom is 0.341 e. The molecule has 6 heteroatoms. The Labute approximate surface area is 176 Å². The maximum atomic E-state index is 12.3. The van der Waals surface area contributed by atoms with Gasteiger partial charge in [0.25, 0.3) is 0 Å². The molecule has 156 valence electrons. The van der Waals surface area contributed by atoms with Crippen LogP contribution in [0.1, 0.15) is 66.8 Å². The van der Waals surface area contributed by atoms with Crippen molar-refractivity contribution in [2.24, 2.45) is 5.92 Å². The van der Waals surface area contributed by atoms with Crippen LogP contribution in [0.25, 0.3) is 11.0 Å². The van der Waals surface area contributed by atoms with Gasteiger partial charge in [0.15, 0.2) is 0 Å². The summed E-state index contributed by atoms with van der Waals surface area (Å²) in [6, 6.07) is 6.09. The average molecular weight is 405 g/mol. The summed E-state index contributed by atoms with van der Waals surface area (Å²) in [6.45, 7) is 1.04. The lowest BCUT2D eigenvalue weighted by Crippen LogP contribution is -2.13. The number of carbonyl (C=O) groups excluding carboxylic acids is 1. The highest BCUT2D eigenvalue weighted by Crippen LogP contribution is 2.40. The van der Waals surface area contributed by atoms with E-state index in [0.717, 1.165) is 47.6 Å². The predicted molar refractivity (Wildman–Crippen MR) is 117 cm³/mol.